The van der Waals surface area contributed by atoms with Gasteiger partial charge in [0, 0.05) is 44.0 Å². The molecule has 1 aromatic heterocycles. The number of aryl methyl sites for hydroxylation is 1. The largest absolute Gasteiger partial charge is 0.491 e. The summed E-state index contributed by atoms with van der Waals surface area (Å²) in [5.41, 5.74) is 4.64. The van der Waals surface area contributed by atoms with E-state index in [1.54, 1.807) is 0 Å². The number of rotatable bonds is 9. The van der Waals surface area contributed by atoms with Crippen LogP contribution in [0.2, 0.25) is 0 Å². The maximum atomic E-state index is 11.8. The first kappa shape index (κ1) is 24.2. The third-order valence-electron chi connectivity index (χ3n) is 4.76. The Labute approximate surface area is 186 Å². The lowest BCUT2D eigenvalue weighted by molar-refractivity contribution is -0.119. The smallest absolute Gasteiger partial charge is 0.250 e. The fourth-order valence-corrected chi connectivity index (χ4v) is 3.65. The number of carbonyl (C=O) groups is 1. The average Bonchev–Trinajstić information content (AvgIpc) is 3.01. The molecule has 3 aromatic rings. The van der Waals surface area contributed by atoms with E-state index in [0.717, 1.165) is 46.4 Å². The zero-order valence-electron chi connectivity index (χ0n) is 18.0. The summed E-state index contributed by atoms with van der Waals surface area (Å²) in [7, 11) is 1.49. The Morgan fingerprint density at radius 3 is 2.52 bits per heavy atom. The van der Waals surface area contributed by atoms with E-state index in [4.69, 9.17) is 14.9 Å². The maximum Gasteiger partial charge on any atom is 0.250 e. The normalized spacial score (nSPS) is 10.7. The molecule has 2 N–H and O–H groups in total. The monoisotopic (exact) mass is 425 g/mol. The van der Waals surface area contributed by atoms with E-state index in [1.807, 2.05) is 50.2 Å². The molecule has 0 fully saturated rings. The van der Waals surface area contributed by atoms with Crippen molar-refractivity contribution in [2.45, 2.75) is 47.3 Å². The molecule has 0 saturated heterocycles. The third-order valence-corrected chi connectivity index (χ3v) is 4.76. The van der Waals surface area contributed by atoms with Crippen LogP contribution in [0.3, 0.4) is 0 Å². The fraction of sp³-hybridized carbons (Fsp3) is 0.360. The first-order valence-electron chi connectivity index (χ1n) is 10.2. The first-order chi connectivity index (χ1) is 14.5. The molecule has 0 atom stereocenters. The van der Waals surface area contributed by atoms with Crippen molar-refractivity contribution in [1.29, 1.82) is 5.41 Å². The second-order valence-corrected chi connectivity index (χ2v) is 7.46. The molecule has 31 heavy (non-hydrogen) atoms. The van der Waals surface area contributed by atoms with E-state index in [0.29, 0.717) is 5.69 Å². The molecule has 6 nitrogen and oxygen atoms in total. The van der Waals surface area contributed by atoms with Crippen LogP contribution in [0.4, 0.5) is 5.69 Å². The van der Waals surface area contributed by atoms with Crippen molar-refractivity contribution in [2.24, 2.45) is 0 Å². The molecule has 0 aliphatic heterocycles. The van der Waals surface area contributed by atoms with Crippen LogP contribution >= 0.6 is 0 Å². The summed E-state index contributed by atoms with van der Waals surface area (Å²) in [6.45, 7) is 7.01. The fourth-order valence-electron chi connectivity index (χ4n) is 3.65. The summed E-state index contributed by atoms with van der Waals surface area (Å²) >= 11 is 0. The van der Waals surface area contributed by atoms with Crippen LogP contribution in [0.15, 0.2) is 42.5 Å². The third kappa shape index (κ3) is 5.33. The van der Waals surface area contributed by atoms with Gasteiger partial charge in [-0.3, -0.25) is 4.79 Å². The van der Waals surface area contributed by atoms with Crippen LogP contribution in [-0.4, -0.2) is 36.5 Å². The van der Waals surface area contributed by atoms with Crippen LogP contribution < -0.4 is 10.1 Å². The van der Waals surface area contributed by atoms with Crippen LogP contribution in [0.1, 0.15) is 41.6 Å². The average molecular weight is 426 g/mol. The van der Waals surface area contributed by atoms with Crippen LogP contribution in [0.25, 0.3) is 22.2 Å². The van der Waals surface area contributed by atoms with Gasteiger partial charge in [-0.25, -0.2) is 0 Å². The number of aromatic nitrogens is 1. The summed E-state index contributed by atoms with van der Waals surface area (Å²) in [5, 5.41) is 11.9. The molecule has 1 heterocycles. The first-order valence-corrected chi connectivity index (χ1v) is 10.2. The number of carbonyl (C=O) groups excluding carboxylic acids is 1. The Bertz CT molecular complexity index is 1040. The maximum absolute atomic E-state index is 11.8. The molecule has 168 valence electrons. The van der Waals surface area contributed by atoms with Gasteiger partial charge < -0.3 is 24.8 Å². The van der Waals surface area contributed by atoms with Gasteiger partial charge in [0.15, 0.2) is 0 Å². The number of hydrogen-bond donors (Lipinski definition) is 2. The molecule has 0 bridgehead atoms. The highest BCUT2D eigenvalue weighted by molar-refractivity contribution is 6.06. The molecular weight excluding hydrogens is 390 g/mol. The van der Waals surface area contributed by atoms with E-state index in [9.17, 15) is 4.79 Å². The summed E-state index contributed by atoms with van der Waals surface area (Å²) < 4.78 is 13.0. The number of amides is 1. The van der Waals surface area contributed by atoms with Crippen molar-refractivity contribution in [2.75, 3.05) is 19.0 Å². The van der Waals surface area contributed by atoms with Gasteiger partial charge in [0.25, 0.3) is 0 Å². The summed E-state index contributed by atoms with van der Waals surface area (Å²) in [5.74, 6) is 0.634. The highest BCUT2D eigenvalue weighted by Gasteiger charge is 2.18. The molecule has 0 spiro atoms. The van der Waals surface area contributed by atoms with E-state index >= 15 is 0 Å². The van der Waals surface area contributed by atoms with Crippen molar-refractivity contribution in [1.82, 2.24) is 4.57 Å². The van der Waals surface area contributed by atoms with Crippen LogP contribution in [0.5, 0.6) is 5.75 Å². The molecule has 0 aliphatic rings. The van der Waals surface area contributed by atoms with Gasteiger partial charge >= 0.3 is 0 Å². The number of hydrogen-bond acceptors (Lipinski definition) is 4. The minimum Gasteiger partial charge on any atom is -0.491 e. The minimum absolute atomic E-state index is 0. The van der Waals surface area contributed by atoms with Crippen LogP contribution in [0, 0.1) is 5.41 Å². The quantitative estimate of drug-likeness (QED) is 0.415. The predicted molar refractivity (Wildman–Crippen MR) is 131 cm³/mol. The van der Waals surface area contributed by atoms with Crippen molar-refractivity contribution in [3.63, 3.8) is 0 Å². The Balaban J connectivity index is 0.00000256. The molecule has 0 saturated carbocycles. The van der Waals surface area contributed by atoms with Crippen LogP contribution in [-0.2, 0) is 16.1 Å². The van der Waals surface area contributed by atoms with E-state index in [-0.39, 0.29) is 27.5 Å². The minimum atomic E-state index is -0.191. The van der Waals surface area contributed by atoms with Crippen molar-refractivity contribution in [3.8, 4) is 17.0 Å². The Morgan fingerprint density at radius 1 is 1.23 bits per heavy atom. The van der Waals surface area contributed by atoms with Gasteiger partial charge in [-0.1, -0.05) is 26.5 Å². The zero-order chi connectivity index (χ0) is 21.7. The standard InChI is InChI=1S/C24H29N3O3.CH4.H2/c1-5-12-27-22-13-19(30-16(2)3)10-11-20(22)21(14-25)24(27)17-6-8-18(9-7-17)26-23(28)15-29-4;;/h6-11,13-14,16,25H,5,12,15H2,1-4H3,(H,26,28);1H4;1H. The van der Waals surface area contributed by atoms with Gasteiger partial charge in [0.2, 0.25) is 5.91 Å². The van der Waals surface area contributed by atoms with Crippen molar-refractivity contribution < 1.29 is 15.7 Å². The highest BCUT2D eigenvalue weighted by Crippen LogP contribution is 2.35. The predicted octanol–water partition coefficient (Wildman–Crippen LogP) is 5.97. The van der Waals surface area contributed by atoms with E-state index in [1.165, 1.54) is 13.3 Å². The Kier molecular flexibility index (Phi) is 8.39. The number of fused-ring (bicyclic) bond motifs is 1. The molecular formula is C25H35N3O3. The molecule has 2 aromatic carbocycles. The lowest BCUT2D eigenvalue weighted by Gasteiger charge is -2.13. The molecule has 0 unspecified atom stereocenters. The molecule has 3 rings (SSSR count). The summed E-state index contributed by atoms with van der Waals surface area (Å²) in [6.07, 6.45) is 2.48. The summed E-state index contributed by atoms with van der Waals surface area (Å²) in [4.78, 5) is 11.8. The molecule has 0 aliphatic carbocycles. The van der Waals surface area contributed by atoms with Gasteiger partial charge in [0.05, 0.1) is 17.3 Å². The number of ether oxygens (including phenoxy) is 2. The summed E-state index contributed by atoms with van der Waals surface area (Å²) in [6, 6.07) is 13.7. The Hall–Kier alpha value is -3.12. The van der Waals surface area contributed by atoms with Gasteiger partial charge in [-0.05, 0) is 50.1 Å². The topological polar surface area (TPSA) is 76.3 Å². The number of anilines is 1. The van der Waals surface area contributed by atoms with E-state index < -0.39 is 0 Å². The Morgan fingerprint density at radius 2 is 1.94 bits per heavy atom. The number of nitrogens with zero attached hydrogens (tertiary/aromatic N) is 1. The number of methoxy groups -OCH3 is 1. The lowest BCUT2D eigenvalue weighted by Crippen LogP contribution is -2.16. The second kappa shape index (κ2) is 10.8. The van der Waals surface area contributed by atoms with Gasteiger partial charge in [-0.15, -0.1) is 0 Å². The molecule has 0 radical (unpaired) electrons. The highest BCUT2D eigenvalue weighted by atomic mass is 16.5. The molecule has 6 heteroatoms. The molecule has 1 amide bonds. The SMILES string of the molecule is C.CCCn1c(-c2ccc(NC(=O)COC)cc2)c(C=N)c2ccc(OC(C)C)cc21.[HH]. The van der Waals surface area contributed by atoms with Crippen molar-refractivity contribution >= 4 is 28.7 Å². The second-order valence-electron chi connectivity index (χ2n) is 7.46. The van der Waals surface area contributed by atoms with E-state index in [2.05, 4.69) is 22.9 Å². The number of nitrogens with one attached hydrogen (secondary N) is 2. The van der Waals surface area contributed by atoms with Gasteiger partial charge in [0.1, 0.15) is 12.4 Å². The zero-order valence-corrected chi connectivity index (χ0v) is 18.0. The van der Waals surface area contributed by atoms with Crippen molar-refractivity contribution in [3.05, 3.63) is 48.0 Å². The number of benzene rings is 2. The lowest BCUT2D eigenvalue weighted by atomic mass is 10.1. The van der Waals surface area contributed by atoms with Gasteiger partial charge in [-0.2, -0.15) is 0 Å².